The van der Waals surface area contributed by atoms with Gasteiger partial charge in [0.25, 0.3) is 5.91 Å². The third-order valence-corrected chi connectivity index (χ3v) is 6.54. The molecular weight excluding hydrogens is 346 g/mol. The average Bonchev–Trinajstić information content (AvgIpc) is 3.02. The summed E-state index contributed by atoms with van der Waals surface area (Å²) in [6.07, 6.45) is 2.04. The van der Waals surface area contributed by atoms with Crippen LogP contribution in [-0.2, 0) is 10.0 Å². The van der Waals surface area contributed by atoms with Crippen LogP contribution in [0.25, 0.3) is 0 Å². The van der Waals surface area contributed by atoms with Gasteiger partial charge in [0.05, 0.1) is 11.8 Å². The van der Waals surface area contributed by atoms with Crippen molar-refractivity contribution in [2.75, 3.05) is 26.2 Å². The van der Waals surface area contributed by atoms with Crippen LogP contribution in [-0.4, -0.2) is 54.9 Å². The molecule has 2 aromatic heterocycles. The summed E-state index contributed by atoms with van der Waals surface area (Å²) < 4.78 is 37.4. The zero-order valence-electron chi connectivity index (χ0n) is 14.5. The fraction of sp³-hybridized carbons (Fsp3) is 0.500. The molecule has 9 heteroatoms. The summed E-state index contributed by atoms with van der Waals surface area (Å²) in [6, 6.07) is 1.64. The van der Waals surface area contributed by atoms with Gasteiger partial charge >= 0.3 is 0 Å². The van der Waals surface area contributed by atoms with E-state index < -0.39 is 10.0 Å². The maximum atomic E-state index is 12.9. The molecule has 1 aliphatic heterocycles. The van der Waals surface area contributed by atoms with E-state index in [1.54, 1.807) is 31.7 Å². The summed E-state index contributed by atoms with van der Waals surface area (Å²) in [5.74, 6) is 0.709. The van der Waals surface area contributed by atoms with Crippen molar-refractivity contribution in [1.82, 2.24) is 14.4 Å². The van der Waals surface area contributed by atoms with Gasteiger partial charge in [-0.25, -0.2) is 8.42 Å². The van der Waals surface area contributed by atoms with E-state index in [2.05, 4.69) is 5.16 Å². The summed E-state index contributed by atoms with van der Waals surface area (Å²) in [7, 11) is -3.69. The highest BCUT2D eigenvalue weighted by atomic mass is 32.2. The van der Waals surface area contributed by atoms with Crippen molar-refractivity contribution >= 4 is 15.9 Å². The first-order valence-electron chi connectivity index (χ1n) is 8.08. The molecule has 3 heterocycles. The molecule has 0 spiro atoms. The number of nitrogens with zero attached hydrogens (tertiary/aromatic N) is 3. The number of sulfonamides is 1. The Morgan fingerprint density at radius 2 is 1.88 bits per heavy atom. The highest BCUT2D eigenvalue weighted by Crippen LogP contribution is 2.24. The Hall–Kier alpha value is -2.13. The van der Waals surface area contributed by atoms with E-state index in [0.29, 0.717) is 43.1 Å². The predicted octanol–water partition coefficient (Wildman–Crippen LogP) is 1.73. The van der Waals surface area contributed by atoms with Crippen LogP contribution < -0.4 is 0 Å². The van der Waals surface area contributed by atoms with Crippen molar-refractivity contribution in [3.63, 3.8) is 0 Å². The van der Waals surface area contributed by atoms with E-state index in [9.17, 15) is 13.2 Å². The molecule has 1 saturated heterocycles. The maximum Gasteiger partial charge on any atom is 0.257 e. The molecule has 25 heavy (non-hydrogen) atoms. The Balaban J connectivity index is 1.78. The van der Waals surface area contributed by atoms with Gasteiger partial charge in [-0.05, 0) is 33.3 Å². The molecule has 0 aromatic carbocycles. The standard InChI is InChI=1S/C16H21N3O5S/c1-11-15(13(3)24-17-11)25(21,22)19-7-4-6-18(8-9-19)16(20)14-5-10-23-12(14)2/h5,10H,4,6-9H2,1-3H3. The Morgan fingerprint density at radius 1 is 1.12 bits per heavy atom. The number of furan rings is 1. The quantitative estimate of drug-likeness (QED) is 0.820. The first-order valence-corrected chi connectivity index (χ1v) is 9.52. The van der Waals surface area contributed by atoms with Gasteiger partial charge in [-0.1, -0.05) is 5.16 Å². The van der Waals surface area contributed by atoms with Crippen LogP contribution in [0.1, 0.15) is 34.0 Å². The molecule has 0 atom stereocenters. The maximum absolute atomic E-state index is 12.9. The molecule has 0 saturated carbocycles. The number of aryl methyl sites for hydroxylation is 3. The first-order chi connectivity index (χ1) is 11.8. The third kappa shape index (κ3) is 3.21. The van der Waals surface area contributed by atoms with Crippen molar-refractivity contribution in [2.24, 2.45) is 0 Å². The molecule has 0 N–H and O–H groups in total. The summed E-state index contributed by atoms with van der Waals surface area (Å²) in [5, 5.41) is 3.73. The minimum absolute atomic E-state index is 0.123. The van der Waals surface area contributed by atoms with Gasteiger partial charge in [-0.2, -0.15) is 4.31 Å². The van der Waals surface area contributed by atoms with Crippen LogP contribution in [0.3, 0.4) is 0 Å². The Bertz CT molecular complexity index is 864. The van der Waals surface area contributed by atoms with Gasteiger partial charge in [0, 0.05) is 26.2 Å². The second kappa shape index (κ2) is 6.64. The first kappa shape index (κ1) is 17.7. The van der Waals surface area contributed by atoms with Crippen LogP contribution >= 0.6 is 0 Å². The molecule has 1 fully saturated rings. The minimum Gasteiger partial charge on any atom is -0.469 e. The van der Waals surface area contributed by atoms with Gasteiger partial charge in [-0.15, -0.1) is 0 Å². The number of hydrogen-bond donors (Lipinski definition) is 0. The molecule has 0 aliphatic carbocycles. The van der Waals surface area contributed by atoms with Gasteiger partial charge in [0.15, 0.2) is 5.76 Å². The van der Waals surface area contributed by atoms with Gasteiger partial charge in [0.2, 0.25) is 10.0 Å². The number of carbonyl (C=O) groups is 1. The predicted molar refractivity (Wildman–Crippen MR) is 88.7 cm³/mol. The lowest BCUT2D eigenvalue weighted by molar-refractivity contribution is 0.0762. The largest absolute Gasteiger partial charge is 0.469 e. The number of rotatable bonds is 3. The van der Waals surface area contributed by atoms with E-state index in [0.717, 1.165) is 0 Å². The topological polar surface area (TPSA) is 96.9 Å². The van der Waals surface area contributed by atoms with Gasteiger partial charge in [0.1, 0.15) is 16.3 Å². The van der Waals surface area contributed by atoms with E-state index >= 15 is 0 Å². The molecule has 0 unspecified atom stereocenters. The van der Waals surface area contributed by atoms with E-state index in [-0.39, 0.29) is 23.1 Å². The second-order valence-electron chi connectivity index (χ2n) is 6.09. The van der Waals surface area contributed by atoms with Crippen molar-refractivity contribution < 1.29 is 22.2 Å². The van der Waals surface area contributed by atoms with Crippen molar-refractivity contribution in [3.05, 3.63) is 35.1 Å². The summed E-state index contributed by atoms with van der Waals surface area (Å²) >= 11 is 0. The fourth-order valence-electron chi connectivity index (χ4n) is 3.09. The molecule has 3 rings (SSSR count). The highest BCUT2D eigenvalue weighted by molar-refractivity contribution is 7.89. The van der Waals surface area contributed by atoms with Crippen LogP contribution in [0.4, 0.5) is 0 Å². The number of carbonyl (C=O) groups excluding carboxylic acids is 1. The smallest absolute Gasteiger partial charge is 0.257 e. The van der Waals surface area contributed by atoms with Crippen LogP contribution in [0, 0.1) is 20.8 Å². The fourth-order valence-corrected chi connectivity index (χ4v) is 4.85. The lowest BCUT2D eigenvalue weighted by Crippen LogP contribution is -2.37. The van der Waals surface area contributed by atoms with Crippen LogP contribution in [0.5, 0.6) is 0 Å². The molecule has 0 radical (unpaired) electrons. The summed E-state index contributed by atoms with van der Waals surface area (Å²) in [5.41, 5.74) is 0.866. The summed E-state index contributed by atoms with van der Waals surface area (Å²) in [6.45, 7) is 6.33. The lowest BCUT2D eigenvalue weighted by Gasteiger charge is -2.21. The van der Waals surface area contributed by atoms with Crippen LogP contribution in [0.15, 0.2) is 26.2 Å². The Kier molecular flexibility index (Phi) is 4.70. The van der Waals surface area contributed by atoms with E-state index in [1.807, 2.05) is 0 Å². The van der Waals surface area contributed by atoms with E-state index in [1.165, 1.54) is 10.6 Å². The minimum atomic E-state index is -3.69. The highest BCUT2D eigenvalue weighted by Gasteiger charge is 2.33. The number of amides is 1. The normalized spacial score (nSPS) is 16.8. The monoisotopic (exact) mass is 367 g/mol. The van der Waals surface area contributed by atoms with Crippen LogP contribution in [0.2, 0.25) is 0 Å². The molecule has 8 nitrogen and oxygen atoms in total. The van der Waals surface area contributed by atoms with Crippen molar-refractivity contribution in [2.45, 2.75) is 32.1 Å². The lowest BCUT2D eigenvalue weighted by atomic mass is 10.2. The number of aromatic nitrogens is 1. The zero-order valence-corrected chi connectivity index (χ0v) is 15.3. The Labute approximate surface area is 146 Å². The molecular formula is C16H21N3O5S. The third-order valence-electron chi connectivity index (χ3n) is 4.40. The molecule has 1 amide bonds. The van der Waals surface area contributed by atoms with Crippen molar-refractivity contribution in [3.8, 4) is 0 Å². The summed E-state index contributed by atoms with van der Waals surface area (Å²) in [4.78, 5) is 14.4. The van der Waals surface area contributed by atoms with Gasteiger partial charge in [-0.3, -0.25) is 4.79 Å². The Morgan fingerprint density at radius 3 is 2.48 bits per heavy atom. The molecule has 136 valence electrons. The van der Waals surface area contributed by atoms with Crippen molar-refractivity contribution in [1.29, 1.82) is 0 Å². The zero-order chi connectivity index (χ0) is 18.2. The molecule has 2 aromatic rings. The van der Waals surface area contributed by atoms with Gasteiger partial charge < -0.3 is 13.8 Å². The van der Waals surface area contributed by atoms with E-state index in [4.69, 9.17) is 8.94 Å². The molecule has 1 aliphatic rings. The average molecular weight is 367 g/mol. The second-order valence-corrected chi connectivity index (χ2v) is 7.97. The molecule has 0 bridgehead atoms. The number of hydrogen-bond acceptors (Lipinski definition) is 6. The SMILES string of the molecule is Cc1noc(C)c1S(=O)(=O)N1CCCN(C(=O)c2ccoc2C)CC1.